The van der Waals surface area contributed by atoms with Crippen LogP contribution in [0.2, 0.25) is 0 Å². The number of nitrogens with one attached hydrogen (secondary N) is 1. The summed E-state index contributed by atoms with van der Waals surface area (Å²) in [4.78, 5) is 22.8. The Labute approximate surface area is 162 Å². The largest absolute Gasteiger partial charge is 0.350 e. The molecule has 144 valence electrons. The molecule has 1 heterocycles. The van der Waals surface area contributed by atoms with Crippen LogP contribution in [-0.4, -0.2) is 21.9 Å². The first kappa shape index (κ1) is 19.4. The number of amides is 1. The normalized spacial score (nSPS) is 10.8. The minimum Gasteiger partial charge on any atom is -0.350 e. The van der Waals surface area contributed by atoms with Crippen LogP contribution in [0.25, 0.3) is 0 Å². The lowest BCUT2D eigenvalue weighted by atomic mass is 10.2. The van der Waals surface area contributed by atoms with Crippen molar-refractivity contribution in [2.45, 2.75) is 26.4 Å². The van der Waals surface area contributed by atoms with Crippen LogP contribution in [0.4, 0.5) is 20.3 Å². The third-order valence-electron chi connectivity index (χ3n) is 4.18. The van der Waals surface area contributed by atoms with E-state index < -0.39 is 17.5 Å². The summed E-state index contributed by atoms with van der Waals surface area (Å²) in [5.41, 5.74) is 1.08. The highest BCUT2D eigenvalue weighted by atomic mass is 19.1. The van der Waals surface area contributed by atoms with Gasteiger partial charge in [-0.15, -0.1) is 0 Å². The van der Waals surface area contributed by atoms with Crippen molar-refractivity contribution in [3.8, 4) is 0 Å². The number of rotatable bonds is 6. The molecule has 3 rings (SSSR count). The predicted molar refractivity (Wildman–Crippen MR) is 104 cm³/mol. The van der Waals surface area contributed by atoms with Crippen LogP contribution in [0.3, 0.4) is 0 Å². The highest BCUT2D eigenvalue weighted by Gasteiger charge is 2.17. The van der Waals surface area contributed by atoms with Crippen LogP contribution < -0.4 is 10.2 Å². The van der Waals surface area contributed by atoms with Crippen LogP contribution in [0.1, 0.15) is 29.9 Å². The van der Waals surface area contributed by atoms with Gasteiger partial charge in [0.2, 0.25) is 0 Å². The lowest BCUT2D eigenvalue weighted by Crippen LogP contribution is -2.31. The van der Waals surface area contributed by atoms with Gasteiger partial charge in [-0.3, -0.25) is 4.79 Å². The second-order valence-corrected chi connectivity index (χ2v) is 6.55. The third-order valence-corrected chi connectivity index (χ3v) is 4.18. The Kier molecular flexibility index (Phi) is 5.93. The Hall–Kier alpha value is -3.35. The molecule has 3 aromatic rings. The summed E-state index contributed by atoms with van der Waals surface area (Å²) in [6, 6.07) is 14.5. The Bertz CT molecular complexity index is 964. The highest BCUT2D eigenvalue weighted by Crippen LogP contribution is 2.20. The fourth-order valence-electron chi connectivity index (χ4n) is 2.71. The third kappa shape index (κ3) is 4.68. The van der Waals surface area contributed by atoms with E-state index in [4.69, 9.17) is 0 Å². The van der Waals surface area contributed by atoms with Gasteiger partial charge in [0.25, 0.3) is 5.91 Å². The number of aromatic nitrogens is 2. The second-order valence-electron chi connectivity index (χ2n) is 6.55. The van der Waals surface area contributed by atoms with E-state index in [0.717, 1.165) is 11.6 Å². The molecule has 0 saturated heterocycles. The van der Waals surface area contributed by atoms with Gasteiger partial charge in [0.05, 0.1) is 5.69 Å². The Morgan fingerprint density at radius 3 is 2.50 bits per heavy atom. The van der Waals surface area contributed by atoms with E-state index in [1.54, 1.807) is 6.07 Å². The van der Waals surface area contributed by atoms with Gasteiger partial charge in [-0.25, -0.2) is 18.7 Å². The van der Waals surface area contributed by atoms with Crippen LogP contribution in [0.15, 0.2) is 60.9 Å². The maximum Gasteiger partial charge on any atom is 0.274 e. The van der Waals surface area contributed by atoms with Gasteiger partial charge in [-0.1, -0.05) is 30.3 Å². The zero-order chi connectivity index (χ0) is 20.1. The first-order chi connectivity index (χ1) is 13.4. The molecule has 0 aliphatic carbocycles. The SMILES string of the molecule is CC(C)N(Cc1ccccc1)c1cc(C(=O)Nc2ccc(F)cc2F)ncn1. The fourth-order valence-corrected chi connectivity index (χ4v) is 2.71. The fraction of sp³-hybridized carbons (Fsp3) is 0.190. The van der Waals surface area contributed by atoms with E-state index in [-0.39, 0.29) is 17.4 Å². The first-order valence-corrected chi connectivity index (χ1v) is 8.83. The lowest BCUT2D eigenvalue weighted by Gasteiger charge is -2.28. The summed E-state index contributed by atoms with van der Waals surface area (Å²) in [5, 5.41) is 2.41. The smallest absolute Gasteiger partial charge is 0.274 e. The highest BCUT2D eigenvalue weighted by molar-refractivity contribution is 6.03. The van der Waals surface area contributed by atoms with E-state index in [1.807, 2.05) is 49.1 Å². The summed E-state index contributed by atoms with van der Waals surface area (Å²) >= 11 is 0. The van der Waals surface area contributed by atoms with Crippen molar-refractivity contribution in [2.75, 3.05) is 10.2 Å². The van der Waals surface area contributed by atoms with Crippen LogP contribution in [0, 0.1) is 11.6 Å². The molecule has 0 saturated carbocycles. The summed E-state index contributed by atoms with van der Waals surface area (Å²) in [7, 11) is 0. The Morgan fingerprint density at radius 1 is 1.07 bits per heavy atom. The van der Waals surface area contributed by atoms with Crippen LogP contribution >= 0.6 is 0 Å². The molecule has 1 N–H and O–H groups in total. The van der Waals surface area contributed by atoms with Crippen molar-refractivity contribution in [2.24, 2.45) is 0 Å². The van der Waals surface area contributed by atoms with Gasteiger partial charge in [0, 0.05) is 24.7 Å². The topological polar surface area (TPSA) is 58.1 Å². The molecule has 1 aromatic heterocycles. The quantitative estimate of drug-likeness (QED) is 0.686. The molecule has 1 amide bonds. The summed E-state index contributed by atoms with van der Waals surface area (Å²) in [6.07, 6.45) is 1.30. The molecular weight excluding hydrogens is 362 g/mol. The van der Waals surface area contributed by atoms with Crippen molar-refractivity contribution in [3.05, 3.63) is 83.8 Å². The molecule has 5 nitrogen and oxygen atoms in total. The average Bonchev–Trinajstić information content (AvgIpc) is 2.69. The Morgan fingerprint density at radius 2 is 1.82 bits per heavy atom. The number of hydrogen-bond donors (Lipinski definition) is 1. The molecule has 0 aliphatic rings. The number of carbonyl (C=O) groups excluding carboxylic acids is 1. The number of carbonyl (C=O) groups is 1. The van der Waals surface area contributed by atoms with Gasteiger partial charge in [-0.05, 0) is 31.5 Å². The van der Waals surface area contributed by atoms with Crippen molar-refractivity contribution < 1.29 is 13.6 Å². The number of halogens is 2. The maximum absolute atomic E-state index is 13.8. The minimum atomic E-state index is -0.851. The molecule has 2 aromatic carbocycles. The van der Waals surface area contributed by atoms with Gasteiger partial charge >= 0.3 is 0 Å². The zero-order valence-corrected chi connectivity index (χ0v) is 15.6. The average molecular weight is 382 g/mol. The van der Waals surface area contributed by atoms with E-state index >= 15 is 0 Å². The summed E-state index contributed by atoms with van der Waals surface area (Å²) in [6.45, 7) is 4.67. The Balaban J connectivity index is 1.82. The number of hydrogen-bond acceptors (Lipinski definition) is 4. The predicted octanol–water partition coefficient (Wildman–Crippen LogP) is 4.42. The molecule has 0 aliphatic heterocycles. The molecule has 0 atom stereocenters. The van der Waals surface area contributed by atoms with Crippen LogP contribution in [0.5, 0.6) is 0 Å². The maximum atomic E-state index is 13.8. The summed E-state index contributed by atoms with van der Waals surface area (Å²) < 4.78 is 26.8. The molecule has 0 fully saturated rings. The summed E-state index contributed by atoms with van der Waals surface area (Å²) in [5.74, 6) is -1.58. The number of nitrogens with zero attached hydrogens (tertiary/aromatic N) is 3. The van der Waals surface area contributed by atoms with E-state index in [1.165, 1.54) is 12.4 Å². The van der Waals surface area contributed by atoms with Crippen molar-refractivity contribution >= 4 is 17.4 Å². The van der Waals surface area contributed by atoms with E-state index in [0.29, 0.717) is 18.4 Å². The molecule has 0 unspecified atom stereocenters. The molecule has 7 heteroatoms. The van der Waals surface area contributed by atoms with Gasteiger partial charge in [0.1, 0.15) is 29.5 Å². The molecule has 0 spiro atoms. The van der Waals surface area contributed by atoms with Gasteiger partial charge in [0.15, 0.2) is 0 Å². The molecule has 0 bridgehead atoms. The van der Waals surface area contributed by atoms with Crippen molar-refractivity contribution in [3.63, 3.8) is 0 Å². The lowest BCUT2D eigenvalue weighted by molar-refractivity contribution is 0.102. The molecule has 0 radical (unpaired) electrons. The standard InChI is InChI=1S/C21H20F2N4O/c1-14(2)27(12-15-6-4-3-5-7-15)20-11-19(24-13-25-20)21(28)26-18-9-8-16(22)10-17(18)23/h3-11,13-14H,12H2,1-2H3,(H,26,28). The van der Waals surface area contributed by atoms with Crippen molar-refractivity contribution in [1.29, 1.82) is 0 Å². The van der Waals surface area contributed by atoms with E-state index in [2.05, 4.69) is 15.3 Å². The second kappa shape index (κ2) is 8.56. The first-order valence-electron chi connectivity index (χ1n) is 8.83. The molecule has 28 heavy (non-hydrogen) atoms. The van der Waals surface area contributed by atoms with E-state index in [9.17, 15) is 13.6 Å². The van der Waals surface area contributed by atoms with Gasteiger partial charge in [-0.2, -0.15) is 0 Å². The molecular formula is C21H20F2N4O. The van der Waals surface area contributed by atoms with Gasteiger partial charge < -0.3 is 10.2 Å². The zero-order valence-electron chi connectivity index (χ0n) is 15.6. The van der Waals surface area contributed by atoms with Crippen molar-refractivity contribution in [1.82, 2.24) is 9.97 Å². The monoisotopic (exact) mass is 382 g/mol. The minimum absolute atomic E-state index is 0.0902. The number of anilines is 2. The number of benzene rings is 2. The van der Waals surface area contributed by atoms with Crippen LogP contribution in [-0.2, 0) is 6.54 Å².